The molecule has 2 rings (SSSR count). The van der Waals surface area contributed by atoms with E-state index in [1.165, 1.54) is 17.5 Å². The molecule has 0 aliphatic carbocycles. The predicted molar refractivity (Wildman–Crippen MR) is 65.9 cm³/mol. The highest BCUT2D eigenvalue weighted by Crippen LogP contribution is 2.34. The molecule has 0 atom stereocenters. The second kappa shape index (κ2) is 5.36. The first-order valence-corrected chi connectivity index (χ1v) is 5.81. The Hall–Kier alpha value is -2.31. The third kappa shape index (κ3) is 2.81. The molecule has 2 aromatic heterocycles. The minimum atomic E-state index is -4.68. The van der Waals surface area contributed by atoms with Crippen molar-refractivity contribution in [1.82, 2.24) is 9.38 Å². The summed E-state index contributed by atoms with van der Waals surface area (Å²) in [5.41, 5.74) is -0.933. The van der Waals surface area contributed by atoms with Crippen molar-refractivity contribution in [1.29, 1.82) is 0 Å². The molecule has 0 fully saturated rings. The van der Waals surface area contributed by atoms with E-state index in [4.69, 9.17) is 0 Å². The molecule has 2 aromatic rings. The SMILES string of the molecule is CCOC(=O)C=C(c1cnc2ccccn12)C(F)(F)F. The van der Waals surface area contributed by atoms with Gasteiger partial charge in [0.15, 0.2) is 0 Å². The number of carbonyl (C=O) groups excluding carboxylic acids is 1. The molecule has 2 heterocycles. The van der Waals surface area contributed by atoms with Gasteiger partial charge in [0.25, 0.3) is 0 Å². The van der Waals surface area contributed by atoms with Crippen molar-refractivity contribution in [2.45, 2.75) is 13.1 Å². The molecule has 20 heavy (non-hydrogen) atoms. The molecule has 0 amide bonds. The van der Waals surface area contributed by atoms with Crippen LogP contribution in [0, 0.1) is 0 Å². The topological polar surface area (TPSA) is 43.6 Å². The maximum absolute atomic E-state index is 13.1. The van der Waals surface area contributed by atoms with Gasteiger partial charge in [-0.2, -0.15) is 13.2 Å². The van der Waals surface area contributed by atoms with Gasteiger partial charge in [0.1, 0.15) is 5.65 Å². The highest BCUT2D eigenvalue weighted by atomic mass is 19.4. The number of carbonyl (C=O) groups is 1. The van der Waals surface area contributed by atoms with E-state index in [2.05, 4.69) is 9.72 Å². The van der Waals surface area contributed by atoms with Gasteiger partial charge in [-0.05, 0) is 19.1 Å². The molecule has 106 valence electrons. The Bertz CT molecular complexity index is 659. The Morgan fingerprint density at radius 1 is 1.45 bits per heavy atom. The van der Waals surface area contributed by atoms with E-state index in [-0.39, 0.29) is 12.3 Å². The minimum Gasteiger partial charge on any atom is -0.463 e. The molecular weight excluding hydrogens is 273 g/mol. The number of fused-ring (bicyclic) bond motifs is 1. The van der Waals surface area contributed by atoms with Crippen LogP contribution in [0.25, 0.3) is 11.2 Å². The molecule has 4 nitrogen and oxygen atoms in total. The summed E-state index contributed by atoms with van der Waals surface area (Å²) in [5, 5.41) is 0. The molecular formula is C13H11F3N2O2. The Morgan fingerprint density at radius 3 is 2.85 bits per heavy atom. The van der Waals surface area contributed by atoms with E-state index in [1.54, 1.807) is 18.2 Å². The predicted octanol–water partition coefficient (Wildman–Crippen LogP) is 2.84. The highest BCUT2D eigenvalue weighted by molar-refractivity contribution is 5.92. The lowest BCUT2D eigenvalue weighted by Gasteiger charge is -2.11. The first kappa shape index (κ1) is 14.1. The van der Waals surface area contributed by atoms with Crippen molar-refractivity contribution in [3.63, 3.8) is 0 Å². The Labute approximate surface area is 112 Å². The molecule has 0 unspecified atom stereocenters. The molecule has 0 radical (unpaired) electrons. The van der Waals surface area contributed by atoms with Gasteiger partial charge in [0.05, 0.1) is 24.1 Å². The summed E-state index contributed by atoms with van der Waals surface area (Å²) in [7, 11) is 0. The number of hydrogen-bond donors (Lipinski definition) is 0. The zero-order valence-corrected chi connectivity index (χ0v) is 10.5. The van der Waals surface area contributed by atoms with Crippen molar-refractivity contribution in [2.75, 3.05) is 6.61 Å². The van der Waals surface area contributed by atoms with Crippen molar-refractivity contribution in [3.05, 3.63) is 42.4 Å². The number of imidazole rings is 1. The Kier molecular flexibility index (Phi) is 3.78. The van der Waals surface area contributed by atoms with Crippen molar-refractivity contribution in [3.8, 4) is 0 Å². The van der Waals surface area contributed by atoms with Crippen LogP contribution in [0.15, 0.2) is 36.7 Å². The number of allylic oxidation sites excluding steroid dienone is 1. The zero-order chi connectivity index (χ0) is 14.8. The number of rotatable bonds is 3. The van der Waals surface area contributed by atoms with Crippen LogP contribution < -0.4 is 0 Å². The monoisotopic (exact) mass is 284 g/mol. The van der Waals surface area contributed by atoms with Crippen LogP contribution in [0.5, 0.6) is 0 Å². The fourth-order valence-corrected chi connectivity index (χ4v) is 1.73. The lowest BCUT2D eigenvalue weighted by molar-refractivity contribution is -0.137. The normalized spacial score (nSPS) is 12.7. The quantitative estimate of drug-likeness (QED) is 0.643. The maximum Gasteiger partial charge on any atom is 0.418 e. The summed E-state index contributed by atoms with van der Waals surface area (Å²) in [6.45, 7) is 1.53. The van der Waals surface area contributed by atoms with Crippen LogP contribution in [-0.2, 0) is 9.53 Å². The van der Waals surface area contributed by atoms with Crippen LogP contribution in [0.3, 0.4) is 0 Å². The van der Waals surface area contributed by atoms with Crippen LogP contribution in [-0.4, -0.2) is 28.1 Å². The molecule has 0 spiro atoms. The summed E-state index contributed by atoms with van der Waals surface area (Å²) in [5.74, 6) is -1.04. The third-order valence-electron chi connectivity index (χ3n) is 2.55. The standard InChI is InChI=1S/C13H11F3N2O2/c1-2-20-12(19)7-9(13(14,15)16)10-8-17-11-5-3-4-6-18(10)11/h3-8H,2H2,1H3. The minimum absolute atomic E-state index is 0.00756. The molecule has 0 aromatic carbocycles. The molecule has 0 N–H and O–H groups in total. The van der Waals surface area contributed by atoms with Gasteiger partial charge in [-0.3, -0.25) is 4.40 Å². The number of nitrogens with zero attached hydrogens (tertiary/aromatic N) is 2. The number of alkyl halides is 3. The summed E-state index contributed by atoms with van der Waals surface area (Å²) < 4.78 is 45.1. The van der Waals surface area contributed by atoms with E-state index < -0.39 is 17.7 Å². The molecule has 0 aliphatic rings. The second-order valence-corrected chi connectivity index (χ2v) is 3.88. The number of pyridine rings is 1. The smallest absolute Gasteiger partial charge is 0.418 e. The van der Waals surface area contributed by atoms with Gasteiger partial charge < -0.3 is 4.74 Å². The van der Waals surface area contributed by atoms with Gasteiger partial charge in [-0.25, -0.2) is 9.78 Å². The number of hydrogen-bond acceptors (Lipinski definition) is 3. The van der Waals surface area contributed by atoms with E-state index in [0.29, 0.717) is 11.7 Å². The molecule has 0 saturated carbocycles. The fraction of sp³-hybridized carbons (Fsp3) is 0.231. The maximum atomic E-state index is 13.1. The van der Waals surface area contributed by atoms with E-state index >= 15 is 0 Å². The lowest BCUT2D eigenvalue weighted by Crippen LogP contribution is -2.15. The lowest BCUT2D eigenvalue weighted by atomic mass is 10.2. The number of esters is 1. The first-order chi connectivity index (χ1) is 9.43. The summed E-state index contributed by atoms with van der Waals surface area (Å²) in [4.78, 5) is 15.2. The molecule has 0 bridgehead atoms. The number of ether oxygens (including phenoxy) is 1. The van der Waals surface area contributed by atoms with Crippen LogP contribution in [0.2, 0.25) is 0 Å². The second-order valence-electron chi connectivity index (χ2n) is 3.88. The zero-order valence-electron chi connectivity index (χ0n) is 10.5. The largest absolute Gasteiger partial charge is 0.463 e. The van der Waals surface area contributed by atoms with Gasteiger partial charge in [-0.1, -0.05) is 6.07 Å². The average molecular weight is 284 g/mol. The average Bonchev–Trinajstić information content (AvgIpc) is 2.78. The van der Waals surface area contributed by atoms with E-state index in [9.17, 15) is 18.0 Å². The fourth-order valence-electron chi connectivity index (χ4n) is 1.73. The van der Waals surface area contributed by atoms with Gasteiger partial charge in [-0.15, -0.1) is 0 Å². The molecule has 7 heteroatoms. The molecule has 0 aliphatic heterocycles. The number of halogens is 3. The summed E-state index contributed by atoms with van der Waals surface area (Å²) >= 11 is 0. The van der Waals surface area contributed by atoms with Gasteiger partial charge >= 0.3 is 12.1 Å². The third-order valence-corrected chi connectivity index (χ3v) is 2.55. The van der Waals surface area contributed by atoms with Crippen molar-refractivity contribution < 1.29 is 22.7 Å². The van der Waals surface area contributed by atoms with E-state index in [1.807, 2.05) is 0 Å². The summed E-state index contributed by atoms with van der Waals surface area (Å²) in [6, 6.07) is 4.81. The van der Waals surface area contributed by atoms with Gasteiger partial charge in [0, 0.05) is 12.3 Å². The summed E-state index contributed by atoms with van der Waals surface area (Å²) in [6.07, 6.45) is -1.71. The van der Waals surface area contributed by atoms with Gasteiger partial charge in [0.2, 0.25) is 0 Å². The Balaban J connectivity index is 2.55. The van der Waals surface area contributed by atoms with E-state index in [0.717, 1.165) is 6.20 Å². The first-order valence-electron chi connectivity index (χ1n) is 5.81. The van der Waals surface area contributed by atoms with Crippen molar-refractivity contribution in [2.24, 2.45) is 0 Å². The van der Waals surface area contributed by atoms with Crippen molar-refractivity contribution >= 4 is 17.2 Å². The van der Waals surface area contributed by atoms with Crippen LogP contribution in [0.1, 0.15) is 12.6 Å². The molecule has 0 saturated heterocycles. The van der Waals surface area contributed by atoms with Crippen LogP contribution >= 0.6 is 0 Å². The van der Waals surface area contributed by atoms with Crippen LogP contribution in [0.4, 0.5) is 13.2 Å². The Morgan fingerprint density at radius 2 is 2.20 bits per heavy atom. The highest BCUT2D eigenvalue weighted by Gasteiger charge is 2.37. The number of aromatic nitrogens is 2.